The highest BCUT2D eigenvalue weighted by Crippen LogP contribution is 2.23. The molecule has 0 unspecified atom stereocenters. The molecule has 2 N–H and O–H groups in total. The van der Waals surface area contributed by atoms with E-state index in [4.69, 9.17) is 15.5 Å². The van der Waals surface area contributed by atoms with Crippen molar-refractivity contribution in [2.75, 3.05) is 13.7 Å². The number of benzene rings is 2. The maximum absolute atomic E-state index is 5.72. The molecule has 0 amide bonds. The van der Waals surface area contributed by atoms with Crippen LogP contribution in [0.25, 0.3) is 11.3 Å². The van der Waals surface area contributed by atoms with Crippen molar-refractivity contribution in [3.8, 4) is 17.0 Å². The molecule has 0 spiro atoms. The Morgan fingerprint density at radius 2 is 1.83 bits per heavy atom. The highest BCUT2D eigenvalue weighted by atomic mass is 32.1. The summed E-state index contributed by atoms with van der Waals surface area (Å²) in [7, 11) is 1.68. The lowest BCUT2D eigenvalue weighted by Crippen LogP contribution is -2.18. The van der Waals surface area contributed by atoms with E-state index in [1.165, 1.54) is 0 Å². The first-order valence-electron chi connectivity index (χ1n) is 7.94. The minimum atomic E-state index is 0.662. The van der Waals surface area contributed by atoms with Gasteiger partial charge in [-0.2, -0.15) is 0 Å². The Labute approximate surface area is 145 Å². The average molecular weight is 339 g/mol. The molecule has 0 aliphatic rings. The zero-order chi connectivity index (χ0) is 16.8. The van der Waals surface area contributed by atoms with Gasteiger partial charge < -0.3 is 15.0 Å². The molecule has 2 aromatic carbocycles. The SMILES string of the molecule is COc1ccc(-c2cs/c(=N/c3ccccc3)n2CCCN)cc1. The number of para-hydroxylation sites is 1. The van der Waals surface area contributed by atoms with Gasteiger partial charge in [0, 0.05) is 11.9 Å². The number of nitrogens with two attached hydrogens (primary N) is 1. The van der Waals surface area contributed by atoms with E-state index in [2.05, 4.69) is 22.1 Å². The highest BCUT2D eigenvalue weighted by Gasteiger charge is 2.08. The molecule has 3 aromatic rings. The van der Waals surface area contributed by atoms with E-state index in [-0.39, 0.29) is 0 Å². The molecule has 0 bridgehead atoms. The summed E-state index contributed by atoms with van der Waals surface area (Å²) < 4.78 is 7.49. The number of methoxy groups -OCH3 is 1. The largest absolute Gasteiger partial charge is 0.497 e. The standard InChI is InChI=1S/C19H21N3OS/c1-23-17-10-8-15(9-11-17)18-14-24-19(22(18)13-5-12-20)21-16-6-3-2-4-7-16/h2-4,6-11,14H,5,12-13,20H2,1H3/b21-19+. The third-order valence-corrected chi connectivity index (χ3v) is 4.61. The third kappa shape index (κ3) is 3.75. The van der Waals surface area contributed by atoms with Gasteiger partial charge in [0.15, 0.2) is 4.80 Å². The average Bonchev–Trinajstić information content (AvgIpc) is 3.03. The van der Waals surface area contributed by atoms with Gasteiger partial charge in [-0.05, 0) is 54.9 Å². The molecule has 0 radical (unpaired) electrons. The van der Waals surface area contributed by atoms with E-state index in [1.54, 1.807) is 18.4 Å². The summed E-state index contributed by atoms with van der Waals surface area (Å²) in [6.07, 6.45) is 0.919. The van der Waals surface area contributed by atoms with Crippen LogP contribution in [0.5, 0.6) is 5.75 Å². The number of nitrogens with zero attached hydrogens (tertiary/aromatic N) is 2. The van der Waals surface area contributed by atoms with Gasteiger partial charge in [-0.25, -0.2) is 4.99 Å². The molecule has 0 atom stereocenters. The summed E-state index contributed by atoms with van der Waals surface area (Å²) in [5.41, 5.74) is 8.99. The van der Waals surface area contributed by atoms with Gasteiger partial charge in [0.2, 0.25) is 0 Å². The van der Waals surface area contributed by atoms with Gasteiger partial charge in [-0.1, -0.05) is 18.2 Å². The number of ether oxygens (including phenoxy) is 1. The van der Waals surface area contributed by atoms with Gasteiger partial charge in [-0.3, -0.25) is 0 Å². The minimum Gasteiger partial charge on any atom is -0.497 e. The lowest BCUT2D eigenvalue weighted by atomic mass is 10.1. The summed E-state index contributed by atoms with van der Waals surface area (Å²) >= 11 is 1.65. The Morgan fingerprint density at radius 1 is 1.08 bits per heavy atom. The van der Waals surface area contributed by atoms with E-state index < -0.39 is 0 Å². The second-order valence-electron chi connectivity index (χ2n) is 5.37. The maximum Gasteiger partial charge on any atom is 0.190 e. The molecule has 0 aliphatic heterocycles. The number of hydrogen-bond acceptors (Lipinski definition) is 4. The summed E-state index contributed by atoms with van der Waals surface area (Å²) in [5, 5.41) is 2.15. The van der Waals surface area contributed by atoms with Crippen LogP contribution in [0.2, 0.25) is 0 Å². The normalized spacial score (nSPS) is 11.7. The fourth-order valence-corrected chi connectivity index (χ4v) is 3.44. The van der Waals surface area contributed by atoms with Crippen LogP contribution in [0.3, 0.4) is 0 Å². The second kappa shape index (κ2) is 7.95. The van der Waals surface area contributed by atoms with E-state index in [0.717, 1.165) is 40.5 Å². The molecule has 0 aliphatic carbocycles. The summed E-state index contributed by atoms with van der Waals surface area (Å²) in [5.74, 6) is 0.858. The fraction of sp³-hybridized carbons (Fsp3) is 0.211. The van der Waals surface area contributed by atoms with E-state index in [0.29, 0.717) is 6.54 Å². The van der Waals surface area contributed by atoms with Crippen LogP contribution in [0.4, 0.5) is 5.69 Å². The zero-order valence-corrected chi connectivity index (χ0v) is 14.5. The van der Waals surface area contributed by atoms with Crippen molar-refractivity contribution in [3.63, 3.8) is 0 Å². The molecule has 3 rings (SSSR count). The number of aromatic nitrogens is 1. The van der Waals surface area contributed by atoms with Crippen LogP contribution in [0.15, 0.2) is 65.0 Å². The van der Waals surface area contributed by atoms with Gasteiger partial charge in [0.1, 0.15) is 5.75 Å². The summed E-state index contributed by atoms with van der Waals surface area (Å²) in [6, 6.07) is 18.1. The monoisotopic (exact) mass is 339 g/mol. The predicted molar refractivity (Wildman–Crippen MR) is 99.6 cm³/mol. The van der Waals surface area contributed by atoms with Crippen LogP contribution < -0.4 is 15.3 Å². The highest BCUT2D eigenvalue weighted by molar-refractivity contribution is 7.07. The second-order valence-corrected chi connectivity index (χ2v) is 6.21. The molecule has 4 nitrogen and oxygen atoms in total. The predicted octanol–water partition coefficient (Wildman–Crippen LogP) is 3.81. The summed E-state index contributed by atoms with van der Waals surface area (Å²) in [4.78, 5) is 5.78. The molecule has 5 heteroatoms. The Bertz CT molecular complexity index is 835. The Morgan fingerprint density at radius 3 is 2.50 bits per heavy atom. The van der Waals surface area contributed by atoms with E-state index >= 15 is 0 Å². The molecular weight excluding hydrogens is 318 g/mol. The van der Waals surface area contributed by atoms with Crippen LogP contribution in [-0.4, -0.2) is 18.2 Å². The van der Waals surface area contributed by atoms with Gasteiger partial charge >= 0.3 is 0 Å². The molecule has 124 valence electrons. The van der Waals surface area contributed by atoms with Crippen molar-refractivity contribution < 1.29 is 4.74 Å². The number of rotatable bonds is 6. The van der Waals surface area contributed by atoms with Crippen LogP contribution in [0.1, 0.15) is 6.42 Å². The third-order valence-electron chi connectivity index (χ3n) is 3.75. The van der Waals surface area contributed by atoms with Crippen molar-refractivity contribution in [2.45, 2.75) is 13.0 Å². The van der Waals surface area contributed by atoms with E-state index in [9.17, 15) is 0 Å². The van der Waals surface area contributed by atoms with Crippen molar-refractivity contribution >= 4 is 17.0 Å². The van der Waals surface area contributed by atoms with Crippen LogP contribution in [0, 0.1) is 0 Å². The maximum atomic E-state index is 5.72. The Hall–Kier alpha value is -2.37. The van der Waals surface area contributed by atoms with Crippen LogP contribution >= 0.6 is 11.3 Å². The van der Waals surface area contributed by atoms with Gasteiger partial charge in [0.25, 0.3) is 0 Å². The first-order chi connectivity index (χ1) is 11.8. The molecular formula is C19H21N3OS. The topological polar surface area (TPSA) is 52.5 Å². The van der Waals surface area contributed by atoms with Crippen LogP contribution in [-0.2, 0) is 6.54 Å². The molecule has 0 fully saturated rings. The van der Waals surface area contributed by atoms with Gasteiger partial charge in [-0.15, -0.1) is 11.3 Å². The first kappa shape index (κ1) is 16.5. The van der Waals surface area contributed by atoms with Crippen molar-refractivity contribution in [1.29, 1.82) is 0 Å². The smallest absolute Gasteiger partial charge is 0.190 e. The fourth-order valence-electron chi connectivity index (χ4n) is 2.49. The lowest BCUT2D eigenvalue weighted by Gasteiger charge is -2.09. The Kier molecular flexibility index (Phi) is 5.46. The van der Waals surface area contributed by atoms with Crippen molar-refractivity contribution in [1.82, 2.24) is 4.57 Å². The van der Waals surface area contributed by atoms with Crippen molar-refractivity contribution in [3.05, 3.63) is 64.8 Å². The summed E-state index contributed by atoms with van der Waals surface area (Å²) in [6.45, 7) is 1.52. The van der Waals surface area contributed by atoms with E-state index in [1.807, 2.05) is 42.5 Å². The molecule has 24 heavy (non-hydrogen) atoms. The zero-order valence-electron chi connectivity index (χ0n) is 13.7. The lowest BCUT2D eigenvalue weighted by molar-refractivity contribution is 0.415. The molecule has 1 aromatic heterocycles. The Balaban J connectivity index is 2.04. The molecule has 0 saturated carbocycles. The molecule has 0 saturated heterocycles. The minimum absolute atomic E-state index is 0.662. The number of thiazole rings is 1. The quantitative estimate of drug-likeness (QED) is 0.742. The molecule has 1 heterocycles. The van der Waals surface area contributed by atoms with Crippen molar-refractivity contribution in [2.24, 2.45) is 10.7 Å². The van der Waals surface area contributed by atoms with Gasteiger partial charge in [0.05, 0.1) is 18.5 Å². The first-order valence-corrected chi connectivity index (χ1v) is 8.82. The number of hydrogen-bond donors (Lipinski definition) is 1.